The second kappa shape index (κ2) is 48.5. The molecule has 11 nitrogen and oxygen atoms in total. The van der Waals surface area contributed by atoms with Crippen LogP contribution in [0, 0.1) is 131 Å². The molecule has 1 atom stereocenters. The third kappa shape index (κ3) is 41.9. The fraction of sp³-hybridized carbons (Fsp3) is 0.529. The van der Waals surface area contributed by atoms with Crippen LogP contribution >= 0.6 is 0 Å². The molecule has 0 N–H and O–H groups in total. The molecule has 5 fully saturated rings. The lowest BCUT2D eigenvalue weighted by Crippen LogP contribution is -2.37. The van der Waals surface area contributed by atoms with Crippen molar-refractivity contribution < 1.29 is 9.47 Å². The minimum atomic E-state index is 0.0196. The molecule has 5 aliphatic carbocycles. The Bertz CT molecular complexity index is 2710. The molecule has 8 aromatic rings. The highest BCUT2D eigenvalue weighted by Gasteiger charge is 2.43. The van der Waals surface area contributed by atoms with Crippen molar-refractivity contribution in [3.05, 3.63) is 231 Å². The molecule has 1 saturated heterocycles. The molecular formula is C87H131N9O2. The van der Waals surface area contributed by atoms with Crippen LogP contribution in [0.1, 0.15) is 232 Å². The van der Waals surface area contributed by atoms with Crippen LogP contribution in [0.4, 0.5) is 0 Å². The van der Waals surface area contributed by atoms with Gasteiger partial charge in [-0.25, -0.2) is 9.97 Å². The van der Waals surface area contributed by atoms with Gasteiger partial charge in [0, 0.05) is 30.2 Å². The first-order chi connectivity index (χ1) is 46.5. The van der Waals surface area contributed by atoms with E-state index in [4.69, 9.17) is 9.47 Å². The zero-order chi connectivity index (χ0) is 73.1. The maximum absolute atomic E-state index is 5.17. The zero-order valence-corrected chi connectivity index (χ0v) is 65.7. The lowest BCUT2D eigenvalue weighted by atomic mass is 9.55. The number of aryl methyl sites for hydroxylation is 14. The normalized spacial score (nSPS) is 20.4. The first kappa shape index (κ1) is 86.9. The van der Waals surface area contributed by atoms with Gasteiger partial charge in [0.15, 0.2) is 17.9 Å². The van der Waals surface area contributed by atoms with Crippen LogP contribution in [0.5, 0.6) is 0 Å². The van der Waals surface area contributed by atoms with Crippen LogP contribution in [-0.2, 0) is 9.47 Å². The number of hydrogen-bond donors (Lipinski definition) is 0. The van der Waals surface area contributed by atoms with Crippen molar-refractivity contribution in [2.24, 2.45) is 34.5 Å². The van der Waals surface area contributed by atoms with Crippen LogP contribution in [0.2, 0.25) is 0 Å². The standard InChI is InChI=1S/C14H14.C10H18.C8H16.C8H14.2C8H10.C7H9N.2C6H8N2.C6H12O2.C4H6N4.C2H6/c1-11-3-7-13(8-4-11)14-9-5-12(2)6-10-14;1-9-3-6-10(2,7-4-9)8-5-9;4*1-7-3-5-8(2)6-4-7;1-6-3-4-7(2)8-5-6;1-5-3-7-6(2)8-4-5;1-5-3-4-6(2)8-7-5;1-5-3-7-6(2)8-4-5;1-3-5-7-4(2)8-6-3;1-2/h3-10H,1-2H3;3-8H2,1-2H3;7-8H,3-6H2,1-2H3;3,8H,4-6H2,1-2H3;2*3-6H,1-2H3;3-5H,1-2H3;2*3-4H,1-2H3;5-6H,3-4H2,1-2H3;1-2H3;1-2H3. The molecule has 1 unspecified atom stereocenters. The van der Waals surface area contributed by atoms with Gasteiger partial charge in [0.25, 0.3) is 0 Å². The summed E-state index contributed by atoms with van der Waals surface area (Å²) in [6.07, 6.45) is 26.8. The van der Waals surface area contributed by atoms with Gasteiger partial charge < -0.3 is 9.47 Å². The molecule has 1 aliphatic heterocycles. The Labute approximate surface area is 597 Å². The van der Waals surface area contributed by atoms with E-state index in [1.165, 1.54) is 134 Å². The van der Waals surface area contributed by atoms with Gasteiger partial charge in [0.1, 0.15) is 5.82 Å². The molecular weight excluding hydrogens is 1200 g/mol. The molecule has 14 rings (SSSR count). The molecule has 11 heteroatoms. The number of rotatable bonds is 1. The topological polar surface area (TPSA) is 134 Å². The number of pyridine rings is 1. The summed E-state index contributed by atoms with van der Waals surface area (Å²) in [4.78, 5) is 12.0. The van der Waals surface area contributed by atoms with Crippen LogP contribution < -0.4 is 0 Å². The quantitative estimate of drug-likeness (QED) is 0.145. The van der Waals surface area contributed by atoms with Crippen molar-refractivity contribution in [3.8, 4) is 11.1 Å². The molecule has 4 saturated carbocycles. The van der Waals surface area contributed by atoms with Crippen LogP contribution in [0.25, 0.3) is 11.1 Å². The highest BCUT2D eigenvalue weighted by Crippen LogP contribution is 2.56. The molecule has 4 aromatic heterocycles. The van der Waals surface area contributed by atoms with Crippen molar-refractivity contribution in [1.29, 1.82) is 0 Å². The Morgan fingerprint density at radius 1 is 0.316 bits per heavy atom. The van der Waals surface area contributed by atoms with E-state index in [1.54, 1.807) is 19.4 Å². The molecule has 2 bridgehead atoms. The first-order valence-corrected chi connectivity index (χ1v) is 36.5. The van der Waals surface area contributed by atoms with Gasteiger partial charge in [0.05, 0.1) is 24.6 Å². The van der Waals surface area contributed by atoms with E-state index in [0.29, 0.717) is 17.6 Å². The van der Waals surface area contributed by atoms with Crippen molar-refractivity contribution in [2.45, 2.75) is 256 Å². The summed E-state index contributed by atoms with van der Waals surface area (Å²) in [6, 6.07) is 42.2. The lowest BCUT2D eigenvalue weighted by molar-refractivity contribution is -0.187. The Hall–Kier alpha value is -7.21. The summed E-state index contributed by atoms with van der Waals surface area (Å²) in [6.45, 7) is 51.8. The monoisotopic (exact) mass is 1330 g/mol. The zero-order valence-electron chi connectivity index (χ0n) is 65.7. The summed E-state index contributed by atoms with van der Waals surface area (Å²) < 4.78 is 10.3. The molecule has 98 heavy (non-hydrogen) atoms. The molecule has 536 valence electrons. The average Bonchev–Trinajstić information content (AvgIpc) is 0.791. The highest BCUT2D eigenvalue weighted by atomic mass is 16.7. The van der Waals surface area contributed by atoms with Gasteiger partial charge >= 0.3 is 0 Å². The van der Waals surface area contributed by atoms with E-state index in [0.717, 1.165) is 70.3 Å². The number of hydrogen-bond acceptors (Lipinski definition) is 11. The van der Waals surface area contributed by atoms with Crippen LogP contribution in [0.15, 0.2) is 152 Å². The number of allylic oxidation sites excluding steroid dienone is 2. The van der Waals surface area contributed by atoms with Crippen molar-refractivity contribution >= 4 is 0 Å². The molecule has 6 aliphatic rings. The third-order valence-electron chi connectivity index (χ3n) is 17.9. The Morgan fingerprint density at radius 2 is 0.622 bits per heavy atom. The smallest absolute Gasteiger partial charge is 0.170 e. The van der Waals surface area contributed by atoms with Crippen molar-refractivity contribution in [2.75, 3.05) is 13.2 Å². The summed E-state index contributed by atoms with van der Waals surface area (Å²) in [5.74, 6) is 5.60. The fourth-order valence-corrected chi connectivity index (χ4v) is 10.3. The minimum Gasteiger partial charge on any atom is -0.353 e. The van der Waals surface area contributed by atoms with Gasteiger partial charge in [0.2, 0.25) is 0 Å². The predicted octanol–water partition coefficient (Wildman–Crippen LogP) is 23.3. The number of ether oxygens (including phenoxy) is 2. The lowest BCUT2D eigenvalue weighted by Gasteiger charge is -2.50. The summed E-state index contributed by atoms with van der Waals surface area (Å²) in [5, 5.41) is 22.3. The van der Waals surface area contributed by atoms with Gasteiger partial charge in [-0.3, -0.25) is 4.98 Å². The average molecular weight is 1340 g/mol. The Balaban J connectivity index is 0.000000368. The Morgan fingerprint density at radius 3 is 0.878 bits per heavy atom. The van der Waals surface area contributed by atoms with Crippen LogP contribution in [0.3, 0.4) is 0 Å². The fourth-order valence-electron chi connectivity index (χ4n) is 10.3. The number of fused-ring (bicyclic) bond motifs is 3. The summed E-state index contributed by atoms with van der Waals surface area (Å²) in [5.41, 5.74) is 19.0. The SMILES string of the molecule is CC.CC12CCC(C)(CC1)CC2.CC1=CCC(C)CC1.CC1CCC(C)CC1.CC1COC(C)OC1.Cc1ccc(-c2ccc(C)cc2)cc1.Cc1ccc(C)cc1.Cc1ccc(C)cc1.Cc1ccc(C)nc1.Cc1ccc(C)nn1.Cc1cnc(C)nc1.Cc1nnc(C)nn1. The molecule has 0 radical (unpaired) electrons. The van der Waals surface area contributed by atoms with E-state index in [1.807, 2.05) is 99.1 Å². The van der Waals surface area contributed by atoms with Gasteiger partial charge in [-0.2, -0.15) is 10.2 Å². The maximum atomic E-state index is 5.17. The maximum Gasteiger partial charge on any atom is 0.170 e. The van der Waals surface area contributed by atoms with E-state index >= 15 is 0 Å². The number of aromatic nitrogens is 9. The largest absolute Gasteiger partial charge is 0.353 e. The third-order valence-corrected chi connectivity index (χ3v) is 17.9. The van der Waals surface area contributed by atoms with Gasteiger partial charge in [-0.05, 0) is 238 Å². The number of benzene rings is 4. The Kier molecular flexibility index (Phi) is 43.0. The second-order valence-electron chi connectivity index (χ2n) is 28.9. The molecule has 0 amide bonds. The highest BCUT2D eigenvalue weighted by molar-refractivity contribution is 5.63. The van der Waals surface area contributed by atoms with E-state index in [2.05, 4.69) is 245 Å². The predicted molar refractivity (Wildman–Crippen MR) is 416 cm³/mol. The van der Waals surface area contributed by atoms with E-state index in [9.17, 15) is 0 Å². The van der Waals surface area contributed by atoms with Gasteiger partial charge in [-0.1, -0.05) is 229 Å². The van der Waals surface area contributed by atoms with Gasteiger partial charge in [-0.15, -0.1) is 20.4 Å². The molecule has 0 spiro atoms. The van der Waals surface area contributed by atoms with E-state index in [-0.39, 0.29) is 6.29 Å². The van der Waals surface area contributed by atoms with E-state index < -0.39 is 0 Å². The first-order valence-electron chi connectivity index (χ1n) is 36.5. The molecule has 5 heterocycles. The van der Waals surface area contributed by atoms with Crippen LogP contribution in [-0.4, -0.2) is 65.0 Å². The van der Waals surface area contributed by atoms with Crippen molar-refractivity contribution in [3.63, 3.8) is 0 Å². The summed E-state index contributed by atoms with van der Waals surface area (Å²) in [7, 11) is 0. The summed E-state index contributed by atoms with van der Waals surface area (Å²) >= 11 is 0. The minimum absolute atomic E-state index is 0.0196. The number of nitrogens with zero attached hydrogens (tertiary/aromatic N) is 9. The van der Waals surface area contributed by atoms with Crippen molar-refractivity contribution in [1.82, 2.24) is 45.5 Å². The molecule has 4 aromatic carbocycles. The second-order valence-corrected chi connectivity index (χ2v) is 28.9.